The fourth-order valence-corrected chi connectivity index (χ4v) is 5.79. The maximum Gasteiger partial charge on any atom is 0.270 e. The molecule has 0 saturated heterocycles. The highest BCUT2D eigenvalue weighted by Gasteiger charge is 2.29. The number of ether oxygens (including phenoxy) is 3. The van der Waals surface area contributed by atoms with Gasteiger partial charge in [0, 0.05) is 29.3 Å². The molecule has 0 aliphatic heterocycles. The van der Waals surface area contributed by atoms with E-state index >= 15 is 0 Å². The van der Waals surface area contributed by atoms with Gasteiger partial charge in [0.25, 0.3) is 10.0 Å². The molecular formula is C27H27N7O6S. The van der Waals surface area contributed by atoms with Crippen molar-refractivity contribution in [3.05, 3.63) is 53.9 Å². The minimum Gasteiger partial charge on any atom is -0.495 e. The van der Waals surface area contributed by atoms with E-state index in [9.17, 15) is 8.42 Å². The Kier molecular flexibility index (Phi) is 6.61. The molecule has 1 fully saturated rings. The van der Waals surface area contributed by atoms with Crippen LogP contribution < -0.4 is 24.2 Å². The summed E-state index contributed by atoms with van der Waals surface area (Å²) in [5.74, 6) is 1.67. The molecule has 0 spiro atoms. The Balaban J connectivity index is 1.33. The summed E-state index contributed by atoms with van der Waals surface area (Å²) in [5.41, 5.74) is 3.84. The molecule has 0 unspecified atom stereocenters. The lowest BCUT2D eigenvalue weighted by Crippen LogP contribution is -2.16. The summed E-state index contributed by atoms with van der Waals surface area (Å²) in [6.07, 6.45) is 2.30. The summed E-state index contributed by atoms with van der Waals surface area (Å²) in [6, 6.07) is 12.0. The molecule has 5 aromatic rings. The first-order valence-electron chi connectivity index (χ1n) is 12.7. The van der Waals surface area contributed by atoms with Crippen LogP contribution in [0.25, 0.3) is 22.2 Å². The van der Waals surface area contributed by atoms with Crippen LogP contribution in [0.15, 0.2) is 51.9 Å². The summed E-state index contributed by atoms with van der Waals surface area (Å²) in [4.78, 5) is -0.210. The number of anilines is 3. The summed E-state index contributed by atoms with van der Waals surface area (Å²) in [6.45, 7) is 1.82. The van der Waals surface area contributed by atoms with E-state index in [2.05, 4.69) is 35.6 Å². The third kappa shape index (κ3) is 5.09. The summed E-state index contributed by atoms with van der Waals surface area (Å²) < 4.78 is 51.9. The third-order valence-electron chi connectivity index (χ3n) is 6.72. The molecule has 0 bridgehead atoms. The first kappa shape index (κ1) is 26.4. The van der Waals surface area contributed by atoms with Gasteiger partial charge in [0.05, 0.1) is 43.8 Å². The fraction of sp³-hybridized carbons (Fsp3) is 0.259. The average Bonchev–Trinajstić information content (AvgIpc) is 3.61. The van der Waals surface area contributed by atoms with Gasteiger partial charge in [-0.25, -0.2) is 8.42 Å². The molecular weight excluding hydrogens is 550 g/mol. The topological polar surface area (TPSA) is 166 Å². The van der Waals surface area contributed by atoms with Crippen LogP contribution in [0.3, 0.4) is 0 Å². The molecule has 13 nitrogen and oxygen atoms in total. The van der Waals surface area contributed by atoms with Crippen molar-refractivity contribution in [3.63, 3.8) is 0 Å². The number of aryl methyl sites for hydroxylation is 1. The van der Waals surface area contributed by atoms with E-state index in [1.54, 1.807) is 36.4 Å². The predicted molar refractivity (Wildman–Crippen MR) is 151 cm³/mol. The molecule has 3 N–H and O–H groups in total. The van der Waals surface area contributed by atoms with E-state index < -0.39 is 10.0 Å². The highest BCUT2D eigenvalue weighted by Crippen LogP contribution is 2.42. The molecule has 1 aliphatic rings. The highest BCUT2D eigenvalue weighted by molar-refractivity contribution is 7.93. The van der Waals surface area contributed by atoms with Gasteiger partial charge in [-0.15, -0.1) is 0 Å². The van der Waals surface area contributed by atoms with Gasteiger partial charge in [0.15, 0.2) is 22.1 Å². The van der Waals surface area contributed by atoms with Crippen LogP contribution in [-0.2, 0) is 10.0 Å². The normalized spacial score (nSPS) is 13.3. The third-order valence-corrected chi connectivity index (χ3v) is 8.13. The van der Waals surface area contributed by atoms with Crippen LogP contribution in [-0.4, -0.2) is 55.3 Å². The number of aromatic amines is 1. The van der Waals surface area contributed by atoms with E-state index in [0.29, 0.717) is 45.4 Å². The zero-order valence-corrected chi connectivity index (χ0v) is 23.5. The number of hydrogen-bond acceptors (Lipinski definition) is 11. The second-order valence-corrected chi connectivity index (χ2v) is 11.2. The highest BCUT2D eigenvalue weighted by atomic mass is 32.2. The number of nitrogens with one attached hydrogen (secondary N) is 3. The van der Waals surface area contributed by atoms with Gasteiger partial charge in [-0.3, -0.25) is 9.82 Å². The standard InChI is InChI=1S/C27H27N7O6S/c1-14-5-8-18(30-29-14)16-9-23(38-3)26(24(10-16)39-4)41(35,36)34-27-17-11-22(37-2)20(12-21(17)40-33-27)28-25-13-19(31-32-25)15-6-7-15/h5,8-13,15H,6-7H2,1-4H3,(H,33,34)(H2,28,31,32). The molecule has 1 aliphatic carbocycles. The Morgan fingerprint density at radius 2 is 1.68 bits per heavy atom. The van der Waals surface area contributed by atoms with E-state index in [4.69, 9.17) is 18.7 Å². The molecule has 6 rings (SSSR count). The van der Waals surface area contributed by atoms with Gasteiger partial charge >= 0.3 is 0 Å². The first-order valence-corrected chi connectivity index (χ1v) is 14.2. The van der Waals surface area contributed by atoms with Gasteiger partial charge in [0.1, 0.15) is 17.2 Å². The number of nitrogens with zero attached hydrogens (tertiary/aromatic N) is 4. The number of H-pyrrole nitrogens is 1. The van der Waals surface area contributed by atoms with Crippen LogP contribution in [0, 0.1) is 6.92 Å². The molecule has 0 atom stereocenters. The number of rotatable bonds is 10. The van der Waals surface area contributed by atoms with E-state index in [1.807, 2.05) is 13.0 Å². The van der Waals surface area contributed by atoms with E-state index in [-0.39, 0.29) is 22.2 Å². The predicted octanol–water partition coefficient (Wildman–Crippen LogP) is 4.76. The number of hydrogen-bond donors (Lipinski definition) is 3. The second kappa shape index (κ2) is 10.3. The molecule has 14 heteroatoms. The van der Waals surface area contributed by atoms with Crippen molar-refractivity contribution in [2.75, 3.05) is 31.4 Å². The number of sulfonamides is 1. The lowest BCUT2D eigenvalue weighted by molar-refractivity contribution is 0.374. The average molecular weight is 578 g/mol. The Hall–Kier alpha value is -4.85. The zero-order chi connectivity index (χ0) is 28.7. The van der Waals surface area contributed by atoms with Crippen molar-refractivity contribution in [2.45, 2.75) is 30.6 Å². The largest absolute Gasteiger partial charge is 0.495 e. The van der Waals surface area contributed by atoms with Crippen LogP contribution in [0.2, 0.25) is 0 Å². The quantitative estimate of drug-likeness (QED) is 0.209. The molecule has 41 heavy (non-hydrogen) atoms. The maximum atomic E-state index is 13.7. The fourth-order valence-electron chi connectivity index (χ4n) is 4.47. The van der Waals surface area contributed by atoms with Gasteiger partial charge < -0.3 is 24.1 Å². The second-order valence-electron chi connectivity index (χ2n) is 9.56. The molecule has 2 aromatic carbocycles. The Bertz CT molecular complexity index is 1820. The van der Waals surface area contributed by atoms with Crippen LogP contribution in [0.1, 0.15) is 30.1 Å². The minimum absolute atomic E-state index is 0.0294. The van der Waals surface area contributed by atoms with Gasteiger partial charge in [-0.1, -0.05) is 5.16 Å². The molecule has 212 valence electrons. The van der Waals surface area contributed by atoms with Crippen LogP contribution in [0.5, 0.6) is 17.2 Å². The molecule has 3 aromatic heterocycles. The minimum atomic E-state index is -4.27. The summed E-state index contributed by atoms with van der Waals surface area (Å²) in [5, 5.41) is 23.2. The lowest BCUT2D eigenvalue weighted by Gasteiger charge is -2.16. The van der Waals surface area contributed by atoms with Crippen molar-refractivity contribution in [1.29, 1.82) is 0 Å². The lowest BCUT2D eigenvalue weighted by atomic mass is 10.1. The van der Waals surface area contributed by atoms with Crippen molar-refractivity contribution >= 4 is 38.3 Å². The van der Waals surface area contributed by atoms with Gasteiger partial charge in [-0.05, 0) is 50.1 Å². The Labute approximate surface area is 235 Å². The number of methoxy groups -OCH3 is 3. The monoisotopic (exact) mass is 577 g/mol. The first-order chi connectivity index (χ1) is 19.8. The zero-order valence-electron chi connectivity index (χ0n) is 22.7. The Morgan fingerprint density at radius 1 is 0.951 bits per heavy atom. The van der Waals surface area contributed by atoms with Crippen LogP contribution in [0.4, 0.5) is 17.3 Å². The van der Waals surface area contributed by atoms with Gasteiger partial charge in [0.2, 0.25) is 0 Å². The van der Waals surface area contributed by atoms with Crippen molar-refractivity contribution in [2.24, 2.45) is 0 Å². The SMILES string of the molecule is COc1cc2c(NS(=O)(=O)c3c(OC)cc(-c4ccc(C)nn4)cc3OC)noc2cc1Nc1cc(C2CC2)[nH]n1. The Morgan fingerprint density at radius 3 is 2.32 bits per heavy atom. The van der Waals surface area contributed by atoms with Crippen molar-refractivity contribution < 1.29 is 27.2 Å². The van der Waals surface area contributed by atoms with Crippen LogP contribution >= 0.6 is 0 Å². The summed E-state index contributed by atoms with van der Waals surface area (Å²) in [7, 11) is -0.0167. The van der Waals surface area contributed by atoms with Crippen molar-refractivity contribution in [1.82, 2.24) is 25.6 Å². The van der Waals surface area contributed by atoms with E-state index in [1.165, 1.54) is 21.3 Å². The smallest absolute Gasteiger partial charge is 0.270 e. The molecule has 1 saturated carbocycles. The van der Waals surface area contributed by atoms with Crippen molar-refractivity contribution in [3.8, 4) is 28.5 Å². The summed E-state index contributed by atoms with van der Waals surface area (Å²) >= 11 is 0. The molecule has 3 heterocycles. The number of aromatic nitrogens is 5. The molecule has 0 radical (unpaired) electrons. The van der Waals surface area contributed by atoms with Gasteiger partial charge in [-0.2, -0.15) is 15.3 Å². The number of fused-ring (bicyclic) bond motifs is 1. The molecule has 0 amide bonds. The van der Waals surface area contributed by atoms with E-state index in [0.717, 1.165) is 24.2 Å². The maximum absolute atomic E-state index is 13.7. The number of benzene rings is 2.